The van der Waals surface area contributed by atoms with Crippen molar-refractivity contribution in [3.05, 3.63) is 107 Å². The van der Waals surface area contributed by atoms with Crippen LogP contribution < -0.4 is 0 Å². The Balaban J connectivity index is 1.23. The largest absolute Gasteiger partial charge is 0.463 e. The summed E-state index contributed by atoms with van der Waals surface area (Å²) >= 11 is 0. The first-order chi connectivity index (χ1) is 39.1. The van der Waals surface area contributed by atoms with E-state index in [0.717, 1.165) is 41.5 Å². The van der Waals surface area contributed by atoms with E-state index in [1.807, 2.05) is 0 Å². The van der Waals surface area contributed by atoms with Crippen molar-refractivity contribution in [2.45, 2.75) is 140 Å². The van der Waals surface area contributed by atoms with Crippen LogP contribution >= 0.6 is 0 Å². The van der Waals surface area contributed by atoms with Gasteiger partial charge in [-0.1, -0.05) is 42.5 Å². The van der Waals surface area contributed by atoms with Crippen LogP contribution in [0.25, 0.3) is 0 Å². The molecule has 0 spiro atoms. The third-order valence-electron chi connectivity index (χ3n) is 13.5. The maximum Gasteiger partial charge on any atom is 0.338 e. The molecular formula is C55H58N2O25. The van der Waals surface area contributed by atoms with Gasteiger partial charge in [-0.05, 0) is 43.3 Å². The van der Waals surface area contributed by atoms with Gasteiger partial charge < -0.3 is 66.7 Å². The number of rotatable bonds is 19. The summed E-state index contributed by atoms with van der Waals surface area (Å²) < 4.78 is 77.6. The van der Waals surface area contributed by atoms with E-state index in [1.165, 1.54) is 79.7 Å². The summed E-state index contributed by atoms with van der Waals surface area (Å²) in [4.78, 5) is 149. The van der Waals surface area contributed by atoms with Crippen molar-refractivity contribution in [2.75, 3.05) is 26.4 Å². The Hall–Kier alpha value is -8.05. The van der Waals surface area contributed by atoms with E-state index >= 15 is 0 Å². The lowest BCUT2D eigenvalue weighted by Crippen LogP contribution is -2.70. The Kier molecular flexibility index (Phi) is 18.9. The molecule has 5 heterocycles. The van der Waals surface area contributed by atoms with Crippen LogP contribution in [0.5, 0.6) is 0 Å². The van der Waals surface area contributed by atoms with Gasteiger partial charge >= 0.3 is 41.8 Å². The number of aliphatic hydroxyl groups is 1. The third-order valence-corrected chi connectivity index (χ3v) is 13.5. The fraction of sp³-hybridized carbons (Fsp3) is 0.473. The highest BCUT2D eigenvalue weighted by molar-refractivity contribution is 6.22. The van der Waals surface area contributed by atoms with Gasteiger partial charge in [-0.3, -0.25) is 57.7 Å². The average Bonchev–Trinajstić information content (AvgIpc) is 2.40. The fourth-order valence-electron chi connectivity index (χ4n) is 10.2. The molecule has 0 unspecified atom stereocenters. The molecule has 438 valence electrons. The zero-order valence-electron chi connectivity index (χ0n) is 45.1. The Morgan fingerprint density at radius 2 is 0.829 bits per heavy atom. The molecule has 0 bridgehead atoms. The minimum Gasteiger partial charge on any atom is -0.463 e. The molecule has 15 atom stereocenters. The summed E-state index contributed by atoms with van der Waals surface area (Å²) in [5.41, 5.74) is -0.377. The smallest absolute Gasteiger partial charge is 0.338 e. The normalized spacial score (nSPS) is 29.4. The minimum absolute atomic E-state index is 0.0128. The SMILES string of the molecule is CCO[C@@H]1O[C@H](CO[C@@H]2O[C@H](COC(C)=O)[C@@H](OC(C)=O)[C@H](OC(C)=O)[C@H]2N2C(=O)c3ccccc3C2=O)[C@H](O)[C@H](O[C@@H]2O[C@H](COC(C)=O)[C@@H](OC(C)=O)[C@H](OC(C)=O)[C@H]2N2C(=O)c3ccccc3C2=O)[C@H]1OC(=O)c1ccccc1. The van der Waals surface area contributed by atoms with Gasteiger partial charge in [-0.2, -0.15) is 0 Å². The average molecular weight is 1150 g/mol. The quantitative estimate of drug-likeness (QED) is 0.101. The van der Waals surface area contributed by atoms with Crippen molar-refractivity contribution in [3.63, 3.8) is 0 Å². The lowest BCUT2D eigenvalue weighted by molar-refractivity contribution is -0.356. The molecule has 8 rings (SSSR count). The van der Waals surface area contributed by atoms with Gasteiger partial charge in [0.1, 0.15) is 55.8 Å². The first-order valence-corrected chi connectivity index (χ1v) is 25.8. The maximum absolute atomic E-state index is 14.5. The number of aliphatic hydroxyl groups excluding tert-OH is 1. The van der Waals surface area contributed by atoms with Crippen molar-refractivity contribution >= 4 is 65.4 Å². The van der Waals surface area contributed by atoms with Crippen LogP contribution in [0.2, 0.25) is 0 Å². The summed E-state index contributed by atoms with van der Waals surface area (Å²) in [5.74, 6) is -10.4. The van der Waals surface area contributed by atoms with Crippen LogP contribution in [0.4, 0.5) is 0 Å². The lowest BCUT2D eigenvalue weighted by Gasteiger charge is -2.50. The molecule has 0 saturated carbocycles. The monoisotopic (exact) mass is 1150 g/mol. The second-order valence-electron chi connectivity index (χ2n) is 19.2. The molecule has 0 radical (unpaired) electrons. The number of imide groups is 2. The van der Waals surface area contributed by atoms with Gasteiger partial charge in [0, 0.05) is 48.1 Å². The number of hydrogen-bond acceptors (Lipinski definition) is 25. The van der Waals surface area contributed by atoms with Gasteiger partial charge in [0.05, 0.1) is 34.4 Å². The molecule has 5 aliphatic heterocycles. The fourth-order valence-corrected chi connectivity index (χ4v) is 10.2. The van der Waals surface area contributed by atoms with Crippen LogP contribution in [-0.2, 0) is 90.3 Å². The number of fused-ring (bicyclic) bond motifs is 2. The van der Waals surface area contributed by atoms with Gasteiger partial charge in [0.2, 0.25) is 0 Å². The highest BCUT2D eigenvalue weighted by atomic mass is 16.8. The Labute approximate surface area is 467 Å². The molecule has 82 heavy (non-hydrogen) atoms. The molecule has 3 saturated heterocycles. The van der Waals surface area contributed by atoms with Gasteiger partial charge in [0.15, 0.2) is 49.4 Å². The lowest BCUT2D eigenvalue weighted by atomic mass is 9.93. The predicted molar refractivity (Wildman–Crippen MR) is 267 cm³/mol. The molecule has 3 fully saturated rings. The molecular weight excluding hydrogens is 1090 g/mol. The summed E-state index contributed by atoms with van der Waals surface area (Å²) in [6, 6.07) is 15.1. The number of esters is 7. The zero-order valence-corrected chi connectivity index (χ0v) is 45.1. The summed E-state index contributed by atoms with van der Waals surface area (Å²) in [6.45, 7) is 5.17. The van der Waals surface area contributed by atoms with Crippen molar-refractivity contribution in [1.29, 1.82) is 0 Å². The van der Waals surface area contributed by atoms with Crippen LogP contribution in [0.1, 0.15) is 100 Å². The van der Waals surface area contributed by atoms with Gasteiger partial charge in [-0.25, -0.2) is 4.79 Å². The number of ether oxygens (including phenoxy) is 13. The first kappa shape index (κ1) is 60.1. The van der Waals surface area contributed by atoms with Crippen LogP contribution in [-0.4, -0.2) is 199 Å². The second-order valence-corrected chi connectivity index (χ2v) is 19.2. The standard InChI is InChI=1S/C55H58N2O25/c1-8-70-55-47(81-52(69)31-16-10-9-11-17-31)46(82-54-40(57-50(67)34-20-14-15-21-35(34)51(57)68)45(77-30(7)63)43(75-28(5)61)38(80-54)24-72-26(3)59)41(64)36(78-55)22-73-53-39(56-48(65)32-18-12-13-19-33(32)49(56)66)44(76-29(6)62)42(74-27(4)60)37(79-53)23-71-25(2)58/h9-21,36-47,53-55,64H,8,22-24H2,1-7H3/t36-,37-,38-,39-,40-,41+,42-,43-,44-,45-,46+,47-,53-,54+,55-/m1/s1. The van der Waals surface area contributed by atoms with Crippen molar-refractivity contribution in [3.8, 4) is 0 Å². The molecule has 0 aliphatic carbocycles. The number of amides is 4. The highest BCUT2D eigenvalue weighted by Crippen LogP contribution is 2.40. The first-order valence-electron chi connectivity index (χ1n) is 25.8. The van der Waals surface area contributed by atoms with E-state index in [0.29, 0.717) is 9.80 Å². The topological polar surface area (TPSA) is 334 Å². The number of carbonyl (C=O) groups is 11. The highest BCUT2D eigenvalue weighted by Gasteiger charge is 2.61. The van der Waals surface area contributed by atoms with Crippen molar-refractivity contribution < 1.29 is 119 Å². The van der Waals surface area contributed by atoms with Crippen molar-refractivity contribution in [1.82, 2.24) is 9.80 Å². The Bertz CT molecular complexity index is 2900. The van der Waals surface area contributed by atoms with E-state index < -0.39 is 177 Å². The van der Waals surface area contributed by atoms with E-state index in [2.05, 4.69) is 0 Å². The van der Waals surface area contributed by atoms with Crippen molar-refractivity contribution in [2.24, 2.45) is 0 Å². The summed E-state index contributed by atoms with van der Waals surface area (Å²) in [6.07, 6.45) is -23.9. The number of nitrogens with zero attached hydrogens (tertiary/aromatic N) is 2. The number of carbonyl (C=O) groups excluding carboxylic acids is 11. The summed E-state index contributed by atoms with van der Waals surface area (Å²) in [5, 5.41) is 12.8. The van der Waals surface area contributed by atoms with Gasteiger partial charge in [0.25, 0.3) is 23.6 Å². The molecule has 4 amide bonds. The van der Waals surface area contributed by atoms with E-state index in [9.17, 15) is 57.8 Å². The zero-order chi connectivity index (χ0) is 59.3. The molecule has 5 aliphatic rings. The number of benzene rings is 3. The predicted octanol–water partition coefficient (Wildman–Crippen LogP) is 1.37. The van der Waals surface area contributed by atoms with Crippen LogP contribution in [0, 0.1) is 0 Å². The molecule has 27 heteroatoms. The van der Waals surface area contributed by atoms with Gasteiger partial charge in [-0.15, -0.1) is 0 Å². The minimum atomic E-state index is -2.14. The molecule has 3 aromatic carbocycles. The number of hydrogen-bond donors (Lipinski definition) is 1. The molecule has 1 N–H and O–H groups in total. The Morgan fingerprint density at radius 1 is 0.439 bits per heavy atom. The molecule has 27 nitrogen and oxygen atoms in total. The Morgan fingerprint density at radius 3 is 1.24 bits per heavy atom. The van der Waals surface area contributed by atoms with E-state index in [4.69, 9.17) is 61.6 Å². The maximum atomic E-state index is 14.5. The summed E-state index contributed by atoms with van der Waals surface area (Å²) in [7, 11) is 0. The van der Waals surface area contributed by atoms with E-state index in [1.54, 1.807) is 6.07 Å². The molecule has 3 aromatic rings. The van der Waals surface area contributed by atoms with Crippen LogP contribution in [0.3, 0.4) is 0 Å². The third kappa shape index (κ3) is 12.8. The van der Waals surface area contributed by atoms with E-state index in [-0.39, 0.29) is 34.4 Å². The molecule has 0 aromatic heterocycles. The van der Waals surface area contributed by atoms with Crippen LogP contribution in [0.15, 0.2) is 78.9 Å². The second kappa shape index (κ2) is 25.8.